The van der Waals surface area contributed by atoms with E-state index in [0.29, 0.717) is 12.4 Å². The number of para-hydroxylation sites is 1. The molecule has 4 heteroatoms. The average molecular weight is 244 g/mol. The molecule has 1 aliphatic heterocycles. The maximum atomic E-state index is 10.5. The van der Waals surface area contributed by atoms with E-state index in [1.807, 2.05) is 42.0 Å². The lowest BCUT2D eigenvalue weighted by Crippen LogP contribution is -2.17. The molecule has 0 aliphatic carbocycles. The van der Waals surface area contributed by atoms with E-state index in [4.69, 9.17) is 4.74 Å². The highest BCUT2D eigenvalue weighted by atomic mass is 16.5. The second kappa shape index (κ2) is 4.46. The van der Waals surface area contributed by atoms with Crippen molar-refractivity contribution in [1.29, 1.82) is 0 Å². The van der Waals surface area contributed by atoms with Crippen LogP contribution in [0, 0.1) is 0 Å². The zero-order chi connectivity index (χ0) is 12.5. The number of aliphatic hydroxyl groups excluding tert-OH is 1. The fourth-order valence-electron chi connectivity index (χ4n) is 2.48. The zero-order valence-electron chi connectivity index (χ0n) is 10.3. The molecule has 1 aromatic heterocycles. The normalized spacial score (nSPS) is 19.3. The Balaban J connectivity index is 1.93. The molecule has 0 saturated heterocycles. The van der Waals surface area contributed by atoms with Crippen LogP contribution in [0.2, 0.25) is 0 Å². The van der Waals surface area contributed by atoms with E-state index in [2.05, 4.69) is 4.98 Å². The van der Waals surface area contributed by atoms with E-state index in [0.717, 1.165) is 17.9 Å². The van der Waals surface area contributed by atoms with E-state index in [1.54, 1.807) is 6.20 Å². The summed E-state index contributed by atoms with van der Waals surface area (Å²) in [6.45, 7) is 3.36. The molecule has 2 aromatic rings. The van der Waals surface area contributed by atoms with Gasteiger partial charge in [-0.25, -0.2) is 4.98 Å². The van der Waals surface area contributed by atoms with E-state index in [-0.39, 0.29) is 5.92 Å². The number of benzene rings is 1. The van der Waals surface area contributed by atoms with Crippen molar-refractivity contribution in [2.45, 2.75) is 25.5 Å². The lowest BCUT2D eigenvalue weighted by molar-refractivity contribution is 0.118. The fourth-order valence-corrected chi connectivity index (χ4v) is 2.48. The second-order valence-corrected chi connectivity index (χ2v) is 4.47. The second-order valence-electron chi connectivity index (χ2n) is 4.47. The third-order valence-electron chi connectivity index (χ3n) is 3.47. The smallest absolute Gasteiger partial charge is 0.138 e. The van der Waals surface area contributed by atoms with E-state index in [1.165, 1.54) is 0 Å². The van der Waals surface area contributed by atoms with Crippen molar-refractivity contribution in [3.8, 4) is 5.75 Å². The van der Waals surface area contributed by atoms with Crippen molar-refractivity contribution in [1.82, 2.24) is 9.55 Å². The summed E-state index contributed by atoms with van der Waals surface area (Å²) in [6.07, 6.45) is 2.99. The molecule has 0 amide bonds. The molecular formula is C14H16N2O2. The van der Waals surface area contributed by atoms with Crippen LogP contribution >= 0.6 is 0 Å². The van der Waals surface area contributed by atoms with Gasteiger partial charge < -0.3 is 14.4 Å². The van der Waals surface area contributed by atoms with Crippen LogP contribution in [0.15, 0.2) is 36.7 Å². The van der Waals surface area contributed by atoms with Gasteiger partial charge in [0.2, 0.25) is 0 Å². The Morgan fingerprint density at radius 3 is 3.17 bits per heavy atom. The van der Waals surface area contributed by atoms with Gasteiger partial charge in [0.25, 0.3) is 0 Å². The Hall–Kier alpha value is -1.81. The van der Waals surface area contributed by atoms with Crippen molar-refractivity contribution in [2.24, 2.45) is 0 Å². The van der Waals surface area contributed by atoms with E-state index in [9.17, 15) is 5.11 Å². The third kappa shape index (κ3) is 1.69. The molecule has 1 aliphatic rings. The molecule has 4 nitrogen and oxygen atoms in total. The van der Waals surface area contributed by atoms with E-state index >= 15 is 0 Å². The Labute approximate surface area is 106 Å². The SMILES string of the molecule is CCn1ccnc1C(O)C1COc2ccccc21. The van der Waals surface area contributed by atoms with Crippen molar-refractivity contribution >= 4 is 0 Å². The maximum Gasteiger partial charge on any atom is 0.138 e. The average Bonchev–Trinajstić information content (AvgIpc) is 3.04. The fraction of sp³-hybridized carbons (Fsp3) is 0.357. The van der Waals surface area contributed by atoms with Crippen LogP contribution in [0.25, 0.3) is 0 Å². The van der Waals surface area contributed by atoms with Gasteiger partial charge in [0, 0.05) is 24.5 Å². The summed E-state index contributed by atoms with van der Waals surface area (Å²) >= 11 is 0. The maximum absolute atomic E-state index is 10.5. The molecule has 0 spiro atoms. The van der Waals surface area contributed by atoms with Crippen molar-refractivity contribution < 1.29 is 9.84 Å². The van der Waals surface area contributed by atoms with Gasteiger partial charge in [0.05, 0.1) is 12.5 Å². The van der Waals surface area contributed by atoms with Gasteiger partial charge >= 0.3 is 0 Å². The summed E-state index contributed by atoms with van der Waals surface area (Å²) in [4.78, 5) is 4.26. The monoisotopic (exact) mass is 244 g/mol. The number of aromatic nitrogens is 2. The number of hydrogen-bond acceptors (Lipinski definition) is 3. The van der Waals surface area contributed by atoms with Gasteiger partial charge in [-0.15, -0.1) is 0 Å². The first-order chi connectivity index (χ1) is 8.81. The van der Waals surface area contributed by atoms with Gasteiger partial charge in [0.15, 0.2) is 0 Å². The molecule has 94 valence electrons. The van der Waals surface area contributed by atoms with Crippen LogP contribution in [0.1, 0.15) is 30.3 Å². The van der Waals surface area contributed by atoms with Gasteiger partial charge in [-0.1, -0.05) is 18.2 Å². The highest BCUT2D eigenvalue weighted by Gasteiger charge is 2.33. The largest absolute Gasteiger partial charge is 0.493 e. The first-order valence-corrected chi connectivity index (χ1v) is 6.22. The van der Waals surface area contributed by atoms with Crippen LogP contribution in [0.4, 0.5) is 0 Å². The molecule has 2 atom stereocenters. The lowest BCUT2D eigenvalue weighted by atomic mass is 9.95. The number of rotatable bonds is 3. The standard InChI is InChI=1S/C14H16N2O2/c1-2-16-8-7-15-14(16)13(17)11-9-18-12-6-4-3-5-10(11)12/h3-8,11,13,17H,2,9H2,1H3. The predicted octanol–water partition coefficient (Wildman–Crippen LogP) is 2.11. The number of imidazole rings is 1. The summed E-state index contributed by atoms with van der Waals surface area (Å²) in [5.74, 6) is 1.55. The first-order valence-electron chi connectivity index (χ1n) is 6.22. The van der Waals surface area contributed by atoms with Gasteiger partial charge in [-0.2, -0.15) is 0 Å². The highest BCUT2D eigenvalue weighted by molar-refractivity contribution is 5.40. The number of hydrogen-bond donors (Lipinski definition) is 1. The Morgan fingerprint density at radius 1 is 1.50 bits per heavy atom. The zero-order valence-corrected chi connectivity index (χ0v) is 10.3. The predicted molar refractivity (Wildman–Crippen MR) is 67.5 cm³/mol. The molecule has 1 N–H and O–H groups in total. The number of ether oxygens (including phenoxy) is 1. The van der Waals surface area contributed by atoms with Crippen LogP contribution in [-0.4, -0.2) is 21.3 Å². The molecule has 0 bridgehead atoms. The summed E-state index contributed by atoms with van der Waals surface area (Å²) in [5, 5.41) is 10.5. The summed E-state index contributed by atoms with van der Waals surface area (Å²) in [6, 6.07) is 7.86. The van der Waals surface area contributed by atoms with Gasteiger partial charge in [-0.3, -0.25) is 0 Å². The molecular weight excluding hydrogens is 228 g/mol. The molecule has 1 aromatic carbocycles. The van der Waals surface area contributed by atoms with Crippen LogP contribution in [0.5, 0.6) is 5.75 Å². The first kappa shape index (κ1) is 11.3. The van der Waals surface area contributed by atoms with Gasteiger partial charge in [-0.05, 0) is 13.0 Å². The van der Waals surface area contributed by atoms with Crippen molar-refractivity contribution in [3.63, 3.8) is 0 Å². The minimum absolute atomic E-state index is 0.0334. The molecule has 0 fully saturated rings. The van der Waals surface area contributed by atoms with Gasteiger partial charge in [0.1, 0.15) is 17.7 Å². The van der Waals surface area contributed by atoms with Crippen LogP contribution < -0.4 is 4.74 Å². The van der Waals surface area contributed by atoms with Crippen LogP contribution in [-0.2, 0) is 6.54 Å². The Morgan fingerprint density at radius 2 is 2.33 bits per heavy atom. The molecule has 2 heterocycles. The van der Waals surface area contributed by atoms with Crippen molar-refractivity contribution in [3.05, 3.63) is 48.0 Å². The summed E-state index contributed by atoms with van der Waals surface area (Å²) in [5.41, 5.74) is 1.07. The minimum atomic E-state index is -0.622. The highest BCUT2D eigenvalue weighted by Crippen LogP contribution is 2.40. The minimum Gasteiger partial charge on any atom is -0.493 e. The molecule has 2 unspecified atom stereocenters. The Bertz CT molecular complexity index is 550. The number of nitrogens with zero attached hydrogens (tertiary/aromatic N) is 2. The van der Waals surface area contributed by atoms with Crippen LogP contribution in [0.3, 0.4) is 0 Å². The molecule has 18 heavy (non-hydrogen) atoms. The molecule has 0 saturated carbocycles. The lowest BCUT2D eigenvalue weighted by Gasteiger charge is -2.17. The van der Waals surface area contributed by atoms with Crippen molar-refractivity contribution in [2.75, 3.05) is 6.61 Å². The summed E-state index contributed by atoms with van der Waals surface area (Å²) in [7, 11) is 0. The topological polar surface area (TPSA) is 47.3 Å². The molecule has 3 rings (SSSR count). The Kier molecular flexibility index (Phi) is 2.80. The molecule has 0 radical (unpaired) electrons. The number of aliphatic hydroxyl groups is 1. The third-order valence-corrected chi connectivity index (χ3v) is 3.47. The quantitative estimate of drug-likeness (QED) is 0.899. The number of aryl methyl sites for hydroxylation is 1. The number of fused-ring (bicyclic) bond motifs is 1. The summed E-state index contributed by atoms with van der Waals surface area (Å²) < 4.78 is 7.57. The van der Waals surface area contributed by atoms with E-state index < -0.39 is 6.10 Å².